The first-order valence-electron chi connectivity index (χ1n) is 10.7. The Kier molecular flexibility index (Phi) is 6.80. The van der Waals surface area contributed by atoms with Gasteiger partial charge in [-0.15, -0.1) is 11.3 Å². The summed E-state index contributed by atoms with van der Waals surface area (Å²) < 4.78 is 31.0. The summed E-state index contributed by atoms with van der Waals surface area (Å²) in [4.78, 5) is 26.5. The van der Waals surface area contributed by atoms with Crippen molar-refractivity contribution in [1.29, 1.82) is 0 Å². The first kappa shape index (κ1) is 26.0. The molecule has 0 aromatic carbocycles. The van der Waals surface area contributed by atoms with Gasteiger partial charge >= 0.3 is 5.91 Å². The maximum absolute atomic E-state index is 14.0. The summed E-state index contributed by atoms with van der Waals surface area (Å²) in [7, 11) is 0. The molecule has 8 nitrogen and oxygen atoms in total. The van der Waals surface area contributed by atoms with E-state index in [1.165, 1.54) is 30.5 Å². The summed E-state index contributed by atoms with van der Waals surface area (Å²) in [5, 5.41) is 23.7. The Labute approximate surface area is 214 Å². The highest BCUT2D eigenvalue weighted by molar-refractivity contribution is 7.16. The third-order valence-corrected chi connectivity index (χ3v) is 6.87. The van der Waals surface area contributed by atoms with Gasteiger partial charge in [0.2, 0.25) is 0 Å². The number of amides is 1. The lowest BCUT2D eigenvalue weighted by atomic mass is 10.1. The van der Waals surface area contributed by atoms with E-state index in [4.69, 9.17) is 16.3 Å². The highest BCUT2D eigenvalue weighted by Gasteiger charge is 2.42. The molecule has 0 fully saturated rings. The maximum Gasteiger partial charge on any atom is 0.371 e. The SMILES string of the molecule is CC1=CC(OCc2ncc(F)cc2F)=C(Cl)C(=O)[N+]1([O-])c1cc(-c2ccnc(C(C)(C)O)n2)sc1C. The van der Waals surface area contributed by atoms with E-state index < -0.39 is 39.4 Å². The average molecular weight is 535 g/mol. The van der Waals surface area contributed by atoms with Crippen LogP contribution in [0.3, 0.4) is 0 Å². The molecular weight excluding hydrogens is 514 g/mol. The van der Waals surface area contributed by atoms with E-state index in [2.05, 4.69) is 15.0 Å². The summed E-state index contributed by atoms with van der Waals surface area (Å²) in [5.41, 5.74) is -0.742. The van der Waals surface area contributed by atoms with Crippen LogP contribution in [0.4, 0.5) is 14.5 Å². The number of allylic oxidation sites excluding steroid dienone is 2. The van der Waals surface area contributed by atoms with Crippen molar-refractivity contribution < 1.29 is 23.4 Å². The second-order valence-corrected chi connectivity index (χ2v) is 10.3. The van der Waals surface area contributed by atoms with Crippen LogP contribution in [-0.4, -0.2) is 26.0 Å². The number of thiophene rings is 1. The number of quaternary nitrogens is 1. The molecular formula is C24H21ClF2N4O4S. The molecule has 0 saturated carbocycles. The fraction of sp³-hybridized carbons (Fsp3) is 0.250. The number of ether oxygens (including phenoxy) is 1. The molecule has 0 radical (unpaired) electrons. The van der Waals surface area contributed by atoms with Crippen LogP contribution in [-0.2, 0) is 21.7 Å². The number of hydrogen-bond donors (Lipinski definition) is 1. The number of pyridine rings is 1. The Balaban J connectivity index is 1.65. The lowest BCUT2D eigenvalue weighted by Crippen LogP contribution is -2.49. The zero-order valence-corrected chi connectivity index (χ0v) is 21.2. The molecule has 0 aliphatic carbocycles. The van der Waals surface area contributed by atoms with Crippen LogP contribution in [0.2, 0.25) is 0 Å². The molecule has 4 heterocycles. The quantitative estimate of drug-likeness (QED) is 0.336. The monoisotopic (exact) mass is 534 g/mol. The third-order valence-electron chi connectivity index (χ3n) is 5.46. The van der Waals surface area contributed by atoms with Gasteiger partial charge in [0.15, 0.2) is 28.1 Å². The van der Waals surface area contributed by atoms with E-state index in [9.17, 15) is 23.9 Å². The Hall–Kier alpha value is -3.09. The average Bonchev–Trinajstić information content (AvgIpc) is 3.22. The number of hydroxylamine groups is 2. The molecule has 4 rings (SSSR count). The molecule has 3 aromatic heterocycles. The van der Waals surface area contributed by atoms with E-state index in [1.54, 1.807) is 32.9 Å². The van der Waals surface area contributed by atoms with E-state index in [-0.39, 0.29) is 28.7 Å². The number of aliphatic hydroxyl groups is 1. The number of halogens is 3. The number of carbonyl (C=O) groups is 1. The van der Waals surface area contributed by atoms with Crippen molar-refractivity contribution in [2.24, 2.45) is 0 Å². The molecule has 12 heteroatoms. The summed E-state index contributed by atoms with van der Waals surface area (Å²) in [6.45, 7) is 5.86. The van der Waals surface area contributed by atoms with Crippen LogP contribution in [0.1, 0.15) is 37.2 Å². The second kappa shape index (κ2) is 9.41. The van der Waals surface area contributed by atoms with Gasteiger partial charge in [-0.3, -0.25) is 4.98 Å². The van der Waals surface area contributed by atoms with Crippen LogP contribution >= 0.6 is 22.9 Å². The van der Waals surface area contributed by atoms with Gasteiger partial charge in [-0.1, -0.05) is 11.6 Å². The second-order valence-electron chi connectivity index (χ2n) is 8.63. The molecule has 1 aliphatic heterocycles. The molecule has 36 heavy (non-hydrogen) atoms. The summed E-state index contributed by atoms with van der Waals surface area (Å²) in [6.07, 6.45) is 3.65. The van der Waals surface area contributed by atoms with Crippen molar-refractivity contribution >= 4 is 34.5 Å². The first-order valence-corrected chi connectivity index (χ1v) is 11.9. The zero-order valence-electron chi connectivity index (χ0n) is 19.7. The van der Waals surface area contributed by atoms with E-state index in [0.29, 0.717) is 21.5 Å². The Morgan fingerprint density at radius 3 is 2.64 bits per heavy atom. The van der Waals surface area contributed by atoms with Crippen LogP contribution in [0.15, 0.2) is 53.2 Å². The minimum atomic E-state index is -1.47. The maximum atomic E-state index is 14.0. The van der Waals surface area contributed by atoms with Crippen molar-refractivity contribution in [1.82, 2.24) is 19.6 Å². The highest BCUT2D eigenvalue weighted by atomic mass is 35.5. The van der Waals surface area contributed by atoms with Crippen molar-refractivity contribution in [3.8, 4) is 10.6 Å². The first-order chi connectivity index (χ1) is 16.8. The predicted molar refractivity (Wildman–Crippen MR) is 131 cm³/mol. The Bertz CT molecular complexity index is 1430. The largest absolute Gasteiger partial charge is 0.614 e. The van der Waals surface area contributed by atoms with Crippen molar-refractivity contribution in [3.05, 3.63) is 86.4 Å². The van der Waals surface area contributed by atoms with E-state index in [1.807, 2.05) is 0 Å². The molecule has 0 bridgehead atoms. The number of rotatable bonds is 6. The molecule has 1 N–H and O–H groups in total. The number of aromatic nitrogens is 3. The topological polar surface area (TPSA) is 108 Å². The zero-order chi connectivity index (χ0) is 26.4. The number of carbonyl (C=O) groups excluding carboxylic acids is 1. The van der Waals surface area contributed by atoms with Gasteiger partial charge in [-0.25, -0.2) is 28.2 Å². The molecule has 1 atom stereocenters. The molecule has 1 unspecified atom stereocenters. The lowest BCUT2D eigenvalue weighted by molar-refractivity contribution is -0.122. The molecule has 188 valence electrons. The molecule has 0 saturated heterocycles. The molecule has 1 aliphatic rings. The van der Waals surface area contributed by atoms with Gasteiger partial charge in [0.1, 0.15) is 29.4 Å². The van der Waals surface area contributed by atoms with Gasteiger partial charge in [0.25, 0.3) is 0 Å². The summed E-state index contributed by atoms with van der Waals surface area (Å²) in [6, 6.07) is 3.86. The minimum Gasteiger partial charge on any atom is -0.614 e. The third kappa shape index (κ3) is 4.67. The van der Waals surface area contributed by atoms with Crippen LogP contribution in [0.25, 0.3) is 10.6 Å². The van der Waals surface area contributed by atoms with Crippen LogP contribution < -0.4 is 4.65 Å². The van der Waals surface area contributed by atoms with E-state index in [0.717, 1.165) is 6.20 Å². The van der Waals surface area contributed by atoms with Gasteiger partial charge in [0.05, 0.1) is 21.6 Å². The molecule has 3 aromatic rings. The normalized spacial score (nSPS) is 18.5. The summed E-state index contributed by atoms with van der Waals surface area (Å²) >= 11 is 7.49. The fourth-order valence-electron chi connectivity index (χ4n) is 3.55. The van der Waals surface area contributed by atoms with Crippen LogP contribution in [0, 0.1) is 23.8 Å². The van der Waals surface area contributed by atoms with Gasteiger partial charge in [-0.05, 0) is 26.8 Å². The van der Waals surface area contributed by atoms with Crippen LogP contribution in [0.5, 0.6) is 0 Å². The Morgan fingerprint density at radius 1 is 1.25 bits per heavy atom. The lowest BCUT2D eigenvalue weighted by Gasteiger charge is -2.40. The Morgan fingerprint density at radius 2 is 1.97 bits per heavy atom. The van der Waals surface area contributed by atoms with Crippen molar-refractivity contribution in [2.45, 2.75) is 39.9 Å². The summed E-state index contributed by atoms with van der Waals surface area (Å²) in [5.74, 6) is -2.64. The smallest absolute Gasteiger partial charge is 0.371 e. The molecule has 1 amide bonds. The number of nitrogens with zero attached hydrogens (tertiary/aromatic N) is 4. The number of hydrogen-bond acceptors (Lipinski definition) is 8. The van der Waals surface area contributed by atoms with Crippen molar-refractivity contribution in [2.75, 3.05) is 0 Å². The highest BCUT2D eigenvalue weighted by Crippen LogP contribution is 2.44. The molecule has 0 spiro atoms. The van der Waals surface area contributed by atoms with Gasteiger partial charge < -0.3 is 15.1 Å². The number of aryl methyl sites for hydroxylation is 1. The minimum absolute atomic E-state index is 0.0688. The van der Waals surface area contributed by atoms with Crippen molar-refractivity contribution in [3.63, 3.8) is 0 Å². The van der Waals surface area contributed by atoms with Gasteiger partial charge in [-0.2, -0.15) is 0 Å². The van der Waals surface area contributed by atoms with Gasteiger partial charge in [0, 0.05) is 31.3 Å². The predicted octanol–water partition coefficient (Wildman–Crippen LogP) is 5.33. The standard InChI is InChI=1S/C24H21ClF2N4O4S/c1-12-7-19(35-11-17-15(27)8-14(26)10-29-17)21(25)22(32)31(12,34)18-9-20(36-13(18)2)16-5-6-28-23(30-16)24(3,4)33/h5-10,33H,11H2,1-4H3. The fourth-order valence-corrected chi connectivity index (χ4v) is 4.79. The van der Waals surface area contributed by atoms with E-state index >= 15 is 0 Å².